The molecule has 2 aliphatic carbocycles. The van der Waals surface area contributed by atoms with Crippen LogP contribution in [0.1, 0.15) is 65.0 Å². The molecule has 1 spiro atoms. The van der Waals surface area contributed by atoms with Gasteiger partial charge >= 0.3 is 0 Å². The zero-order valence-corrected chi connectivity index (χ0v) is 20.2. The molecule has 1 heterocycles. The Morgan fingerprint density at radius 2 is 1.36 bits per heavy atom. The van der Waals surface area contributed by atoms with Crippen LogP contribution in [0, 0.1) is 0 Å². The second-order valence-corrected chi connectivity index (χ2v) is 10.0. The minimum Gasteiger partial charge on any atom is -0.303 e. The van der Waals surface area contributed by atoms with Crippen molar-refractivity contribution >= 4 is 18.5 Å². The van der Waals surface area contributed by atoms with Crippen LogP contribution in [0.15, 0.2) is 78.9 Å². The number of hydrogen-bond acceptors (Lipinski definition) is 1. The number of aryl methyl sites for hydroxylation is 2. The molecule has 0 amide bonds. The van der Waals surface area contributed by atoms with Gasteiger partial charge in [0.15, 0.2) is 0 Å². The van der Waals surface area contributed by atoms with Gasteiger partial charge in [-0.3, -0.25) is 0 Å². The highest BCUT2D eigenvalue weighted by Crippen LogP contribution is 2.44. The van der Waals surface area contributed by atoms with Crippen LogP contribution in [0.3, 0.4) is 0 Å². The Hall–Kier alpha value is -2.35. The Bertz CT molecular complexity index is 1090. The molecule has 6 rings (SSSR count). The van der Waals surface area contributed by atoms with Crippen molar-refractivity contribution in [2.75, 3.05) is 19.6 Å². The molecule has 0 unspecified atom stereocenters. The van der Waals surface area contributed by atoms with E-state index < -0.39 is 0 Å². The summed E-state index contributed by atoms with van der Waals surface area (Å²) < 4.78 is 0. The maximum atomic E-state index is 2.72. The van der Waals surface area contributed by atoms with E-state index >= 15 is 0 Å². The van der Waals surface area contributed by atoms with E-state index in [1.54, 1.807) is 27.8 Å². The van der Waals surface area contributed by atoms with Crippen molar-refractivity contribution in [3.63, 3.8) is 0 Å². The standard InChI is InChI=1S/C31H33N.ClH/c1-4-11-27-24(8-1)15-16-25-9-2-5-12-28(25)29(27)13-7-21-32-22-19-31(20-23-32)18-17-26-10-3-6-14-30(26)31;/h1-6,8-12,14,17-18,29H,7,13,15-16,19-23H2;1H. The van der Waals surface area contributed by atoms with Crippen LogP contribution in [-0.2, 0) is 18.3 Å². The van der Waals surface area contributed by atoms with Gasteiger partial charge in [0, 0.05) is 11.3 Å². The van der Waals surface area contributed by atoms with Crippen LogP contribution in [-0.4, -0.2) is 24.5 Å². The quantitative estimate of drug-likeness (QED) is 0.402. The Morgan fingerprint density at radius 3 is 2.06 bits per heavy atom. The predicted molar refractivity (Wildman–Crippen MR) is 141 cm³/mol. The lowest BCUT2D eigenvalue weighted by Gasteiger charge is -2.39. The largest absolute Gasteiger partial charge is 0.303 e. The average molecular weight is 456 g/mol. The van der Waals surface area contributed by atoms with E-state index in [0.717, 1.165) is 0 Å². The van der Waals surface area contributed by atoms with Crippen LogP contribution < -0.4 is 0 Å². The number of nitrogens with zero attached hydrogens (tertiary/aromatic N) is 1. The summed E-state index contributed by atoms with van der Waals surface area (Å²) in [5.41, 5.74) is 9.55. The molecule has 170 valence electrons. The maximum absolute atomic E-state index is 2.72. The van der Waals surface area contributed by atoms with Crippen LogP contribution in [0.5, 0.6) is 0 Å². The van der Waals surface area contributed by atoms with Gasteiger partial charge in [0.2, 0.25) is 0 Å². The summed E-state index contributed by atoms with van der Waals surface area (Å²) in [4.78, 5) is 2.72. The van der Waals surface area contributed by atoms with E-state index in [0.29, 0.717) is 11.3 Å². The first kappa shape index (κ1) is 22.4. The lowest BCUT2D eigenvalue weighted by atomic mass is 9.74. The van der Waals surface area contributed by atoms with E-state index in [1.165, 1.54) is 63.7 Å². The number of allylic oxidation sites excluding steroid dienone is 1. The number of likely N-dealkylation sites (tertiary alicyclic amines) is 1. The van der Waals surface area contributed by atoms with Gasteiger partial charge in [-0.15, -0.1) is 12.4 Å². The van der Waals surface area contributed by atoms with Gasteiger partial charge in [-0.1, -0.05) is 84.9 Å². The minimum absolute atomic E-state index is 0. The van der Waals surface area contributed by atoms with E-state index in [1.807, 2.05) is 0 Å². The lowest BCUT2D eigenvalue weighted by Crippen LogP contribution is -2.41. The summed E-state index contributed by atoms with van der Waals surface area (Å²) in [6, 6.07) is 27.4. The van der Waals surface area contributed by atoms with Crippen molar-refractivity contribution in [1.82, 2.24) is 4.90 Å². The maximum Gasteiger partial charge on any atom is 0.0165 e. The highest BCUT2D eigenvalue weighted by atomic mass is 35.5. The molecular weight excluding hydrogens is 422 g/mol. The van der Waals surface area contributed by atoms with Gasteiger partial charge in [0.25, 0.3) is 0 Å². The average Bonchev–Trinajstić information content (AvgIpc) is 3.12. The summed E-state index contributed by atoms with van der Waals surface area (Å²) in [5.74, 6) is 0.547. The zero-order chi connectivity index (χ0) is 21.4. The number of benzene rings is 3. The second-order valence-electron chi connectivity index (χ2n) is 10.0. The topological polar surface area (TPSA) is 3.24 Å². The number of halogens is 1. The van der Waals surface area contributed by atoms with Crippen molar-refractivity contribution in [2.24, 2.45) is 0 Å². The zero-order valence-electron chi connectivity index (χ0n) is 19.4. The molecule has 0 atom stereocenters. The summed E-state index contributed by atoms with van der Waals surface area (Å²) >= 11 is 0. The van der Waals surface area contributed by atoms with Crippen molar-refractivity contribution in [3.8, 4) is 0 Å². The molecule has 0 saturated carbocycles. The van der Waals surface area contributed by atoms with Crippen molar-refractivity contribution in [2.45, 2.75) is 49.9 Å². The van der Waals surface area contributed by atoms with Crippen molar-refractivity contribution < 1.29 is 0 Å². The predicted octanol–water partition coefficient (Wildman–Crippen LogP) is 7.18. The molecule has 3 aliphatic rings. The molecule has 1 saturated heterocycles. The van der Waals surface area contributed by atoms with Crippen molar-refractivity contribution in [3.05, 3.63) is 112 Å². The second kappa shape index (κ2) is 9.49. The summed E-state index contributed by atoms with van der Waals surface area (Å²) in [6.07, 6.45) is 12.2. The Balaban J connectivity index is 0.00000228. The van der Waals surface area contributed by atoms with Gasteiger partial charge in [-0.25, -0.2) is 0 Å². The third-order valence-electron chi connectivity index (χ3n) is 8.32. The van der Waals surface area contributed by atoms with Crippen LogP contribution in [0.25, 0.3) is 6.08 Å². The van der Waals surface area contributed by atoms with Crippen LogP contribution in [0.2, 0.25) is 0 Å². The first-order chi connectivity index (χ1) is 15.8. The highest BCUT2D eigenvalue weighted by Gasteiger charge is 2.37. The first-order valence-electron chi connectivity index (χ1n) is 12.5. The van der Waals surface area contributed by atoms with Gasteiger partial charge in [-0.05, 0) is 91.5 Å². The third kappa shape index (κ3) is 4.18. The monoisotopic (exact) mass is 455 g/mol. The molecule has 1 fully saturated rings. The Labute approximate surface area is 204 Å². The molecule has 0 N–H and O–H groups in total. The molecule has 3 aromatic rings. The van der Waals surface area contributed by atoms with E-state index in [-0.39, 0.29) is 12.4 Å². The lowest BCUT2D eigenvalue weighted by molar-refractivity contribution is 0.181. The molecule has 0 aromatic heterocycles. The molecule has 1 aliphatic heterocycles. The fourth-order valence-electron chi connectivity index (χ4n) is 6.52. The molecule has 2 heteroatoms. The van der Waals surface area contributed by atoms with E-state index in [4.69, 9.17) is 0 Å². The Kier molecular flexibility index (Phi) is 6.45. The highest BCUT2D eigenvalue weighted by molar-refractivity contribution is 5.85. The van der Waals surface area contributed by atoms with Gasteiger partial charge < -0.3 is 4.90 Å². The van der Waals surface area contributed by atoms with Crippen LogP contribution in [0.4, 0.5) is 0 Å². The molecule has 1 nitrogen and oxygen atoms in total. The molecule has 3 aromatic carbocycles. The smallest absolute Gasteiger partial charge is 0.0165 e. The summed E-state index contributed by atoms with van der Waals surface area (Å²) in [5, 5.41) is 0. The number of hydrogen-bond donors (Lipinski definition) is 0. The summed E-state index contributed by atoms with van der Waals surface area (Å²) in [7, 11) is 0. The molecule has 0 bridgehead atoms. The van der Waals surface area contributed by atoms with Gasteiger partial charge in [0.1, 0.15) is 0 Å². The summed E-state index contributed by atoms with van der Waals surface area (Å²) in [6.45, 7) is 3.66. The SMILES string of the molecule is C1=CC2(CCN(CCCC3c4ccccc4CCc4ccccc43)CC2)c2ccccc21.Cl. The third-order valence-corrected chi connectivity index (χ3v) is 8.32. The Morgan fingerprint density at radius 1 is 0.758 bits per heavy atom. The number of rotatable bonds is 4. The van der Waals surface area contributed by atoms with E-state index in [2.05, 4.69) is 89.8 Å². The minimum atomic E-state index is 0. The van der Waals surface area contributed by atoms with Crippen molar-refractivity contribution in [1.29, 1.82) is 0 Å². The normalized spacial score (nSPS) is 18.8. The molecular formula is C31H34ClN. The molecule has 33 heavy (non-hydrogen) atoms. The number of piperidine rings is 1. The number of fused-ring (bicyclic) bond motifs is 4. The van der Waals surface area contributed by atoms with Crippen LogP contribution >= 0.6 is 12.4 Å². The first-order valence-corrected chi connectivity index (χ1v) is 12.5. The fourth-order valence-corrected chi connectivity index (χ4v) is 6.52. The van der Waals surface area contributed by atoms with E-state index in [9.17, 15) is 0 Å². The molecule has 0 radical (unpaired) electrons. The van der Waals surface area contributed by atoms with Gasteiger partial charge in [0.05, 0.1) is 0 Å². The fraction of sp³-hybridized carbons (Fsp3) is 0.355. The van der Waals surface area contributed by atoms with Gasteiger partial charge in [-0.2, -0.15) is 0 Å².